The van der Waals surface area contributed by atoms with Crippen molar-refractivity contribution in [3.63, 3.8) is 0 Å². The maximum Gasteiger partial charge on any atom is 0.324 e. The standard InChI is InChI=1S/C16H23N5O4S/c1-4-5-6-12-10-15(20-19-12)18-16(22)17-11-7-8-13(14(9-11)25-2)21-26(3,23)24/h7-10,21H,4-6H2,1-3H3,(H3,17,18,19,20,22). The van der Waals surface area contributed by atoms with Crippen LogP contribution in [0.3, 0.4) is 0 Å². The number of hydrogen-bond acceptors (Lipinski definition) is 5. The molecule has 26 heavy (non-hydrogen) atoms. The van der Waals surface area contributed by atoms with Crippen LogP contribution < -0.4 is 20.1 Å². The van der Waals surface area contributed by atoms with Crippen LogP contribution in [0, 0.1) is 0 Å². The van der Waals surface area contributed by atoms with Crippen LogP contribution in [-0.2, 0) is 16.4 Å². The first-order chi connectivity index (χ1) is 12.3. The second-order valence-electron chi connectivity index (χ2n) is 5.75. The van der Waals surface area contributed by atoms with Gasteiger partial charge in [0.05, 0.1) is 19.1 Å². The Hall–Kier alpha value is -2.75. The van der Waals surface area contributed by atoms with Crippen molar-refractivity contribution in [1.82, 2.24) is 10.2 Å². The highest BCUT2D eigenvalue weighted by Crippen LogP contribution is 2.28. The molecule has 9 nitrogen and oxygen atoms in total. The maximum atomic E-state index is 12.1. The molecule has 0 aliphatic rings. The number of urea groups is 1. The molecular formula is C16H23N5O4S. The lowest BCUT2D eigenvalue weighted by Crippen LogP contribution is -2.19. The maximum absolute atomic E-state index is 12.1. The molecule has 1 heterocycles. The number of ether oxygens (including phenoxy) is 1. The Morgan fingerprint density at radius 1 is 1.27 bits per heavy atom. The lowest BCUT2D eigenvalue weighted by Gasteiger charge is -2.12. The molecule has 2 amide bonds. The summed E-state index contributed by atoms with van der Waals surface area (Å²) in [5.41, 5.74) is 1.69. The van der Waals surface area contributed by atoms with E-state index in [0.717, 1.165) is 31.2 Å². The van der Waals surface area contributed by atoms with Gasteiger partial charge in [-0.3, -0.25) is 15.1 Å². The number of amides is 2. The van der Waals surface area contributed by atoms with Crippen molar-refractivity contribution in [2.45, 2.75) is 26.2 Å². The molecule has 4 N–H and O–H groups in total. The van der Waals surface area contributed by atoms with Gasteiger partial charge in [0.2, 0.25) is 10.0 Å². The second kappa shape index (κ2) is 8.56. The molecule has 0 bridgehead atoms. The first-order valence-electron chi connectivity index (χ1n) is 8.09. The molecule has 0 saturated carbocycles. The number of aryl methyl sites for hydroxylation is 1. The van der Waals surface area contributed by atoms with Gasteiger partial charge in [0.1, 0.15) is 5.75 Å². The Balaban J connectivity index is 2.01. The minimum absolute atomic E-state index is 0.286. The van der Waals surface area contributed by atoms with Crippen LogP contribution in [0.1, 0.15) is 25.5 Å². The number of sulfonamides is 1. The quantitative estimate of drug-likeness (QED) is 0.559. The number of unbranched alkanes of at least 4 members (excludes halogenated alkanes) is 1. The number of aromatic amines is 1. The lowest BCUT2D eigenvalue weighted by atomic mass is 10.2. The molecule has 1 aromatic heterocycles. The van der Waals surface area contributed by atoms with Gasteiger partial charge in [-0.1, -0.05) is 13.3 Å². The lowest BCUT2D eigenvalue weighted by molar-refractivity contribution is 0.262. The van der Waals surface area contributed by atoms with Gasteiger partial charge in [0.25, 0.3) is 0 Å². The summed E-state index contributed by atoms with van der Waals surface area (Å²) < 4.78 is 30.2. The summed E-state index contributed by atoms with van der Waals surface area (Å²) in [6.45, 7) is 2.11. The number of anilines is 3. The Morgan fingerprint density at radius 2 is 2.04 bits per heavy atom. The number of carbonyl (C=O) groups is 1. The van der Waals surface area contributed by atoms with Crippen LogP contribution in [-0.4, -0.2) is 38.0 Å². The highest BCUT2D eigenvalue weighted by molar-refractivity contribution is 7.92. The van der Waals surface area contributed by atoms with E-state index in [-0.39, 0.29) is 11.4 Å². The molecule has 0 radical (unpaired) electrons. The number of benzene rings is 1. The van der Waals surface area contributed by atoms with Gasteiger partial charge in [-0.05, 0) is 25.0 Å². The van der Waals surface area contributed by atoms with Crippen LogP contribution in [0.5, 0.6) is 5.75 Å². The first kappa shape index (κ1) is 19.6. The third-order valence-corrected chi connectivity index (χ3v) is 4.02. The van der Waals surface area contributed by atoms with Crippen molar-refractivity contribution in [2.75, 3.05) is 28.7 Å². The zero-order chi connectivity index (χ0) is 19.2. The van der Waals surface area contributed by atoms with Gasteiger partial charge in [0, 0.05) is 23.5 Å². The molecule has 0 fully saturated rings. The van der Waals surface area contributed by atoms with E-state index in [1.54, 1.807) is 12.1 Å². The van der Waals surface area contributed by atoms with E-state index in [0.29, 0.717) is 11.5 Å². The minimum atomic E-state index is -3.43. The number of H-pyrrole nitrogens is 1. The molecule has 2 rings (SSSR count). The summed E-state index contributed by atoms with van der Waals surface area (Å²) >= 11 is 0. The Bertz CT molecular complexity index is 863. The zero-order valence-electron chi connectivity index (χ0n) is 14.9. The smallest absolute Gasteiger partial charge is 0.324 e. The molecule has 0 atom stereocenters. The van der Waals surface area contributed by atoms with Crippen LogP contribution in [0.25, 0.3) is 0 Å². The molecule has 0 spiro atoms. The fourth-order valence-corrected chi connectivity index (χ4v) is 2.82. The van der Waals surface area contributed by atoms with Gasteiger partial charge in [0.15, 0.2) is 5.82 Å². The third-order valence-electron chi connectivity index (χ3n) is 3.43. The van der Waals surface area contributed by atoms with E-state index < -0.39 is 16.1 Å². The topological polar surface area (TPSA) is 125 Å². The van der Waals surface area contributed by atoms with Gasteiger partial charge in [-0.2, -0.15) is 5.10 Å². The molecule has 0 unspecified atom stereocenters. The zero-order valence-corrected chi connectivity index (χ0v) is 15.7. The summed E-state index contributed by atoms with van der Waals surface area (Å²) in [6, 6.07) is 5.91. The van der Waals surface area contributed by atoms with Crippen LogP contribution in [0.15, 0.2) is 24.3 Å². The normalized spacial score (nSPS) is 11.0. The number of carbonyl (C=O) groups excluding carboxylic acids is 1. The van der Waals surface area contributed by atoms with Crippen molar-refractivity contribution in [2.24, 2.45) is 0 Å². The second-order valence-corrected chi connectivity index (χ2v) is 7.50. The van der Waals surface area contributed by atoms with E-state index >= 15 is 0 Å². The molecule has 1 aromatic carbocycles. The number of aromatic nitrogens is 2. The molecular weight excluding hydrogens is 358 g/mol. The van der Waals surface area contributed by atoms with Crippen LogP contribution in [0.2, 0.25) is 0 Å². The fourth-order valence-electron chi connectivity index (χ4n) is 2.25. The Morgan fingerprint density at radius 3 is 2.69 bits per heavy atom. The summed E-state index contributed by atoms with van der Waals surface area (Å²) in [7, 11) is -2.02. The summed E-state index contributed by atoms with van der Waals surface area (Å²) in [4.78, 5) is 12.1. The van der Waals surface area contributed by atoms with Gasteiger partial charge < -0.3 is 10.1 Å². The molecule has 0 aliphatic heterocycles. The number of rotatable bonds is 8. The molecule has 0 saturated heterocycles. The number of nitrogens with one attached hydrogen (secondary N) is 4. The Labute approximate surface area is 152 Å². The SMILES string of the molecule is CCCCc1cc(NC(=O)Nc2ccc(NS(C)(=O)=O)c(OC)c2)n[nH]1. The van der Waals surface area contributed by atoms with Gasteiger partial charge in [-0.25, -0.2) is 13.2 Å². The average Bonchev–Trinajstić information content (AvgIpc) is 3.00. The predicted octanol–water partition coefficient (Wildman–Crippen LogP) is 2.78. The van der Waals surface area contributed by atoms with Crippen molar-refractivity contribution >= 4 is 33.2 Å². The highest BCUT2D eigenvalue weighted by atomic mass is 32.2. The van der Waals surface area contributed by atoms with E-state index in [9.17, 15) is 13.2 Å². The molecule has 142 valence electrons. The fraction of sp³-hybridized carbons (Fsp3) is 0.375. The third kappa shape index (κ3) is 5.96. The summed E-state index contributed by atoms with van der Waals surface area (Å²) in [5, 5.41) is 12.2. The minimum Gasteiger partial charge on any atom is -0.494 e. The van der Waals surface area contributed by atoms with Crippen LogP contribution in [0.4, 0.5) is 22.0 Å². The van der Waals surface area contributed by atoms with Crippen molar-refractivity contribution in [3.8, 4) is 5.75 Å². The Kier molecular flexibility index (Phi) is 6.45. The van der Waals surface area contributed by atoms with Crippen molar-refractivity contribution in [1.29, 1.82) is 0 Å². The largest absolute Gasteiger partial charge is 0.494 e. The average molecular weight is 381 g/mol. The van der Waals surface area contributed by atoms with Crippen molar-refractivity contribution < 1.29 is 17.9 Å². The summed E-state index contributed by atoms with van der Waals surface area (Å²) in [5.74, 6) is 0.714. The van der Waals surface area contributed by atoms with E-state index in [2.05, 4.69) is 32.5 Å². The number of methoxy groups -OCH3 is 1. The van der Waals surface area contributed by atoms with Crippen LogP contribution >= 0.6 is 0 Å². The van der Waals surface area contributed by atoms with Crippen molar-refractivity contribution in [3.05, 3.63) is 30.0 Å². The van der Waals surface area contributed by atoms with E-state index in [1.807, 2.05) is 0 Å². The molecule has 2 aromatic rings. The van der Waals surface area contributed by atoms with Gasteiger partial charge in [-0.15, -0.1) is 0 Å². The number of nitrogens with zero attached hydrogens (tertiary/aromatic N) is 1. The van der Waals surface area contributed by atoms with E-state index in [4.69, 9.17) is 4.74 Å². The molecule has 10 heteroatoms. The first-order valence-corrected chi connectivity index (χ1v) is 9.98. The monoisotopic (exact) mass is 381 g/mol. The summed E-state index contributed by atoms with van der Waals surface area (Å²) in [6.07, 6.45) is 4.04. The predicted molar refractivity (Wildman–Crippen MR) is 101 cm³/mol. The number of hydrogen-bond donors (Lipinski definition) is 4. The highest BCUT2D eigenvalue weighted by Gasteiger charge is 2.11. The van der Waals surface area contributed by atoms with E-state index in [1.165, 1.54) is 19.2 Å². The van der Waals surface area contributed by atoms with Gasteiger partial charge >= 0.3 is 6.03 Å². The molecule has 0 aliphatic carbocycles.